The molecule has 0 N–H and O–H groups in total. The van der Waals surface area contributed by atoms with Gasteiger partial charge in [-0.15, -0.1) is 0 Å². The minimum Gasteiger partial charge on any atom is -0.296 e. The van der Waals surface area contributed by atoms with E-state index in [4.69, 9.17) is 28.5 Å². The largest absolute Gasteiger partial charge is 0.296 e. The Morgan fingerprint density at radius 3 is 2.38 bits per heavy atom. The summed E-state index contributed by atoms with van der Waals surface area (Å²) in [7, 11) is 0. The van der Waals surface area contributed by atoms with Crippen LogP contribution in [0.1, 0.15) is 13.8 Å². The van der Waals surface area contributed by atoms with Crippen molar-refractivity contribution in [1.82, 2.24) is 9.80 Å². The van der Waals surface area contributed by atoms with Gasteiger partial charge in [0.1, 0.15) is 5.54 Å². The number of nitriles is 1. The van der Waals surface area contributed by atoms with Crippen LogP contribution >= 0.6 is 23.2 Å². The van der Waals surface area contributed by atoms with E-state index in [0.29, 0.717) is 11.6 Å². The maximum atomic E-state index is 9.04. The van der Waals surface area contributed by atoms with Crippen LogP contribution in [-0.2, 0) is 0 Å². The summed E-state index contributed by atoms with van der Waals surface area (Å²) >= 11 is 11.4. The predicted molar refractivity (Wildman–Crippen MR) is 67.5 cm³/mol. The molecule has 0 atom stereocenters. The maximum absolute atomic E-state index is 9.04. The molecular weight excluding hydrogens is 245 g/mol. The lowest BCUT2D eigenvalue weighted by Crippen LogP contribution is -2.54. The third-order valence-corrected chi connectivity index (χ3v) is 3.53. The van der Waals surface area contributed by atoms with Crippen LogP contribution in [0.15, 0.2) is 10.6 Å². The van der Waals surface area contributed by atoms with Gasteiger partial charge in [0.05, 0.1) is 6.07 Å². The summed E-state index contributed by atoms with van der Waals surface area (Å²) in [5.74, 6) is 0. The SMILES string of the molecule is CC(C)(C#N)N1CCN(CC(Cl)=CCl)CC1. The lowest BCUT2D eigenvalue weighted by Gasteiger charge is -2.40. The molecule has 0 radical (unpaired) electrons. The van der Waals surface area contributed by atoms with E-state index in [1.54, 1.807) is 0 Å². The molecule has 1 aliphatic heterocycles. The molecule has 16 heavy (non-hydrogen) atoms. The minimum absolute atomic E-state index is 0.377. The van der Waals surface area contributed by atoms with Gasteiger partial charge in [-0.1, -0.05) is 23.2 Å². The molecule has 1 fully saturated rings. The number of piperazine rings is 1. The molecule has 0 bridgehead atoms. The average molecular weight is 262 g/mol. The third kappa shape index (κ3) is 3.64. The second-order valence-electron chi connectivity index (χ2n) is 4.49. The second-order valence-corrected chi connectivity index (χ2v) is 5.19. The van der Waals surface area contributed by atoms with Gasteiger partial charge in [0, 0.05) is 43.3 Å². The standard InChI is InChI=1S/C11H17Cl2N3/c1-11(2,9-14)16-5-3-15(4-6-16)8-10(13)7-12/h7H,3-6,8H2,1-2H3. The van der Waals surface area contributed by atoms with Crippen molar-refractivity contribution in [3.05, 3.63) is 10.6 Å². The van der Waals surface area contributed by atoms with Gasteiger partial charge in [-0.25, -0.2) is 0 Å². The summed E-state index contributed by atoms with van der Waals surface area (Å²) in [6.07, 6.45) is 0. The van der Waals surface area contributed by atoms with E-state index in [0.717, 1.165) is 26.2 Å². The van der Waals surface area contributed by atoms with Crippen molar-refractivity contribution in [2.75, 3.05) is 32.7 Å². The molecule has 1 rings (SSSR count). The minimum atomic E-state index is -0.377. The van der Waals surface area contributed by atoms with E-state index < -0.39 is 0 Å². The predicted octanol–water partition coefficient (Wildman–Crippen LogP) is 2.23. The van der Waals surface area contributed by atoms with E-state index in [2.05, 4.69) is 15.9 Å². The van der Waals surface area contributed by atoms with Crippen molar-refractivity contribution in [3.8, 4) is 6.07 Å². The van der Waals surface area contributed by atoms with Crippen molar-refractivity contribution in [3.63, 3.8) is 0 Å². The molecule has 1 aliphatic rings. The van der Waals surface area contributed by atoms with Crippen molar-refractivity contribution >= 4 is 23.2 Å². The first-order valence-electron chi connectivity index (χ1n) is 5.33. The van der Waals surface area contributed by atoms with E-state index in [-0.39, 0.29) is 5.54 Å². The Balaban J connectivity index is 2.43. The molecule has 0 aromatic heterocycles. The van der Waals surface area contributed by atoms with Crippen LogP contribution in [-0.4, -0.2) is 48.1 Å². The number of hydrogen-bond acceptors (Lipinski definition) is 3. The van der Waals surface area contributed by atoms with E-state index >= 15 is 0 Å². The quantitative estimate of drug-likeness (QED) is 0.781. The van der Waals surface area contributed by atoms with Crippen molar-refractivity contribution in [2.45, 2.75) is 19.4 Å². The summed E-state index contributed by atoms with van der Waals surface area (Å²) in [6.45, 7) is 8.24. The van der Waals surface area contributed by atoms with Crippen LogP contribution in [0.3, 0.4) is 0 Å². The molecule has 0 aliphatic carbocycles. The Labute approximate surface area is 107 Å². The fourth-order valence-electron chi connectivity index (χ4n) is 1.78. The molecular formula is C11H17Cl2N3. The fourth-order valence-corrected chi connectivity index (χ4v) is 2.02. The van der Waals surface area contributed by atoms with Gasteiger partial charge in [0.2, 0.25) is 0 Å². The van der Waals surface area contributed by atoms with E-state index in [1.165, 1.54) is 5.54 Å². The van der Waals surface area contributed by atoms with Crippen molar-refractivity contribution in [2.24, 2.45) is 0 Å². The molecule has 0 unspecified atom stereocenters. The van der Waals surface area contributed by atoms with Gasteiger partial charge in [0.25, 0.3) is 0 Å². The Bertz CT molecular complexity index is 299. The van der Waals surface area contributed by atoms with Crippen LogP contribution in [0, 0.1) is 11.3 Å². The fraction of sp³-hybridized carbons (Fsp3) is 0.727. The first-order chi connectivity index (χ1) is 7.49. The molecule has 1 saturated heterocycles. The van der Waals surface area contributed by atoms with Gasteiger partial charge < -0.3 is 0 Å². The number of nitrogens with zero attached hydrogens (tertiary/aromatic N) is 3. The highest BCUT2D eigenvalue weighted by Gasteiger charge is 2.29. The first-order valence-corrected chi connectivity index (χ1v) is 6.14. The topological polar surface area (TPSA) is 30.3 Å². The molecule has 0 aromatic rings. The van der Waals surface area contributed by atoms with Gasteiger partial charge >= 0.3 is 0 Å². The van der Waals surface area contributed by atoms with Crippen LogP contribution in [0.4, 0.5) is 0 Å². The lowest BCUT2D eigenvalue weighted by atomic mass is 10.0. The third-order valence-electron chi connectivity index (χ3n) is 2.93. The Hall–Kier alpha value is -0.270. The number of hydrogen-bond donors (Lipinski definition) is 0. The summed E-state index contributed by atoms with van der Waals surface area (Å²) < 4.78 is 0. The molecule has 0 spiro atoms. The number of rotatable bonds is 3. The van der Waals surface area contributed by atoms with Crippen LogP contribution in [0.25, 0.3) is 0 Å². The van der Waals surface area contributed by atoms with E-state index in [1.807, 2.05) is 13.8 Å². The smallest absolute Gasteiger partial charge is 0.103 e. The first kappa shape index (κ1) is 13.8. The maximum Gasteiger partial charge on any atom is 0.103 e. The van der Waals surface area contributed by atoms with Gasteiger partial charge in [-0.3, -0.25) is 9.80 Å². The molecule has 0 aromatic carbocycles. The van der Waals surface area contributed by atoms with Crippen molar-refractivity contribution in [1.29, 1.82) is 5.26 Å². The molecule has 90 valence electrons. The van der Waals surface area contributed by atoms with Gasteiger partial charge in [-0.2, -0.15) is 5.26 Å². The molecule has 0 amide bonds. The summed E-state index contributed by atoms with van der Waals surface area (Å²) in [5.41, 5.74) is 1.03. The van der Waals surface area contributed by atoms with Crippen LogP contribution in [0.5, 0.6) is 0 Å². The molecule has 5 heteroatoms. The van der Waals surface area contributed by atoms with E-state index in [9.17, 15) is 0 Å². The van der Waals surface area contributed by atoms with Crippen LogP contribution in [0.2, 0.25) is 0 Å². The van der Waals surface area contributed by atoms with Gasteiger partial charge in [-0.05, 0) is 13.8 Å². The zero-order chi connectivity index (χ0) is 12.2. The molecule has 1 heterocycles. The zero-order valence-corrected chi connectivity index (χ0v) is 11.2. The Kier molecular flexibility index (Phi) is 5.07. The highest BCUT2D eigenvalue weighted by atomic mass is 35.5. The second kappa shape index (κ2) is 5.88. The van der Waals surface area contributed by atoms with Crippen LogP contribution < -0.4 is 0 Å². The van der Waals surface area contributed by atoms with Crippen molar-refractivity contribution < 1.29 is 0 Å². The summed E-state index contributed by atoms with van der Waals surface area (Å²) in [6, 6.07) is 2.33. The highest BCUT2D eigenvalue weighted by Crippen LogP contribution is 2.17. The lowest BCUT2D eigenvalue weighted by molar-refractivity contribution is 0.0858. The zero-order valence-electron chi connectivity index (χ0n) is 9.71. The number of halogens is 2. The normalized spacial score (nSPS) is 20.8. The summed E-state index contributed by atoms with van der Waals surface area (Å²) in [5, 5.41) is 9.70. The summed E-state index contributed by atoms with van der Waals surface area (Å²) in [4.78, 5) is 4.44. The highest BCUT2D eigenvalue weighted by molar-refractivity contribution is 6.36. The van der Waals surface area contributed by atoms with Gasteiger partial charge in [0.15, 0.2) is 0 Å². The Morgan fingerprint density at radius 2 is 1.94 bits per heavy atom. The Morgan fingerprint density at radius 1 is 1.38 bits per heavy atom. The molecule has 0 saturated carbocycles. The average Bonchev–Trinajstić information content (AvgIpc) is 2.29. The molecule has 3 nitrogen and oxygen atoms in total. The monoisotopic (exact) mass is 261 g/mol.